The number of hydrogen-bond acceptors (Lipinski definition) is 9. The number of carbonyl (C=O) groups is 1. The Morgan fingerprint density at radius 3 is 2.65 bits per heavy atom. The van der Waals surface area contributed by atoms with Crippen LogP contribution in [0.25, 0.3) is 11.2 Å². The lowest BCUT2D eigenvalue weighted by Crippen LogP contribution is -2.32. The first-order valence-electron chi connectivity index (χ1n) is 11.2. The number of hydrogen-bond donors (Lipinski definition) is 4. The number of benzene rings is 1. The minimum Gasteiger partial charge on any atom is -0.481 e. The minimum absolute atomic E-state index is 0.0294. The molecule has 180 valence electrons. The lowest BCUT2D eigenvalue weighted by molar-refractivity contribution is -0.145. The van der Waals surface area contributed by atoms with Crippen LogP contribution in [0.15, 0.2) is 29.4 Å². The van der Waals surface area contributed by atoms with Gasteiger partial charge in [-0.25, -0.2) is 14.6 Å². The van der Waals surface area contributed by atoms with E-state index in [9.17, 15) is 20.1 Å². The average molecular weight is 505 g/mol. The van der Waals surface area contributed by atoms with Gasteiger partial charge >= 0.3 is 5.97 Å². The molecule has 0 aliphatic heterocycles. The van der Waals surface area contributed by atoms with Gasteiger partial charge in [0.15, 0.2) is 22.1 Å². The third-order valence-electron chi connectivity index (χ3n) is 6.43. The van der Waals surface area contributed by atoms with E-state index >= 15 is 0 Å². The maximum absolute atomic E-state index is 11.5. The molecule has 0 amide bonds. The van der Waals surface area contributed by atoms with Crippen molar-refractivity contribution in [1.29, 1.82) is 0 Å². The summed E-state index contributed by atoms with van der Waals surface area (Å²) < 4.78 is 1.43. The van der Waals surface area contributed by atoms with Gasteiger partial charge in [0, 0.05) is 22.7 Å². The topological polar surface area (TPSA) is 146 Å². The molecule has 4 N–H and O–H groups in total. The van der Waals surface area contributed by atoms with Gasteiger partial charge in [0.2, 0.25) is 0 Å². The van der Waals surface area contributed by atoms with Gasteiger partial charge in [0.1, 0.15) is 6.10 Å². The van der Waals surface area contributed by atoms with Crippen LogP contribution in [0.2, 0.25) is 5.02 Å². The zero-order chi connectivity index (χ0) is 24.0. The zero-order valence-electron chi connectivity index (χ0n) is 18.4. The van der Waals surface area contributed by atoms with Crippen LogP contribution in [0.4, 0.5) is 5.82 Å². The van der Waals surface area contributed by atoms with Crippen LogP contribution in [0.5, 0.6) is 0 Å². The van der Waals surface area contributed by atoms with E-state index in [-0.39, 0.29) is 12.5 Å². The summed E-state index contributed by atoms with van der Waals surface area (Å²) in [6.45, 7) is 2.07. The van der Waals surface area contributed by atoms with Crippen molar-refractivity contribution in [3.8, 4) is 0 Å². The van der Waals surface area contributed by atoms with Crippen LogP contribution in [0, 0.1) is 5.92 Å². The molecule has 2 aromatic heterocycles. The molecule has 0 saturated heterocycles. The van der Waals surface area contributed by atoms with Gasteiger partial charge in [-0.3, -0.25) is 4.79 Å². The Balaban J connectivity index is 1.46. The molecule has 0 spiro atoms. The second-order valence-corrected chi connectivity index (χ2v) is 10.3. The molecule has 34 heavy (non-hydrogen) atoms. The fraction of sp³-hybridized carbons (Fsp3) is 0.500. The van der Waals surface area contributed by atoms with Crippen LogP contribution in [-0.4, -0.2) is 70.3 Å². The van der Waals surface area contributed by atoms with Crippen molar-refractivity contribution < 1.29 is 20.1 Å². The van der Waals surface area contributed by atoms with Gasteiger partial charge in [0.05, 0.1) is 18.1 Å². The number of halogens is 1. The van der Waals surface area contributed by atoms with Gasteiger partial charge < -0.3 is 20.6 Å². The lowest BCUT2D eigenvalue weighted by atomic mass is 10.1. The SMILES string of the molecule is CCCSc1nc(NC2CC2c2ccc(Cl)cc2)c2nnn([C@H]3C[C@@H](C(=O)O)[C@H](O)[C@@H]3O)c2n1. The maximum Gasteiger partial charge on any atom is 0.309 e. The van der Waals surface area contributed by atoms with Gasteiger partial charge in [-0.1, -0.05) is 47.6 Å². The number of aromatic nitrogens is 5. The summed E-state index contributed by atoms with van der Waals surface area (Å²) in [4.78, 5) is 20.8. The summed E-state index contributed by atoms with van der Waals surface area (Å²) in [5.41, 5.74) is 2.05. The lowest BCUT2D eigenvalue weighted by Gasteiger charge is -2.16. The first-order chi connectivity index (χ1) is 16.4. The molecule has 10 nitrogen and oxygen atoms in total. The molecule has 0 radical (unpaired) electrons. The number of nitrogens with one attached hydrogen (secondary N) is 1. The molecule has 2 unspecified atom stereocenters. The van der Waals surface area contributed by atoms with Crippen LogP contribution in [-0.2, 0) is 4.79 Å². The fourth-order valence-electron chi connectivity index (χ4n) is 4.50. The van der Waals surface area contributed by atoms with E-state index in [1.165, 1.54) is 22.0 Å². The Labute approximate surface area is 204 Å². The van der Waals surface area contributed by atoms with Crippen molar-refractivity contribution in [2.45, 2.75) is 61.6 Å². The zero-order valence-corrected chi connectivity index (χ0v) is 19.9. The van der Waals surface area contributed by atoms with E-state index in [2.05, 4.69) is 32.5 Å². The van der Waals surface area contributed by atoms with E-state index in [1.54, 1.807) is 0 Å². The maximum atomic E-state index is 11.5. The molecule has 0 bridgehead atoms. The van der Waals surface area contributed by atoms with Crippen molar-refractivity contribution in [2.24, 2.45) is 5.92 Å². The number of fused-ring (bicyclic) bond motifs is 1. The highest BCUT2D eigenvalue weighted by atomic mass is 35.5. The molecule has 1 aromatic carbocycles. The smallest absolute Gasteiger partial charge is 0.309 e. The monoisotopic (exact) mass is 504 g/mol. The second kappa shape index (κ2) is 9.29. The predicted molar refractivity (Wildman–Crippen MR) is 127 cm³/mol. The van der Waals surface area contributed by atoms with E-state index in [1.807, 2.05) is 24.3 Å². The molecule has 2 aliphatic carbocycles. The van der Waals surface area contributed by atoms with Crippen molar-refractivity contribution in [3.63, 3.8) is 0 Å². The fourth-order valence-corrected chi connectivity index (χ4v) is 5.32. The average Bonchev–Trinajstić information content (AvgIpc) is 3.34. The Hall–Kier alpha value is -2.47. The number of carboxylic acids is 1. The highest BCUT2D eigenvalue weighted by Crippen LogP contribution is 2.44. The molecular weight excluding hydrogens is 480 g/mol. The predicted octanol–water partition coefficient (Wildman–Crippen LogP) is 2.71. The van der Waals surface area contributed by atoms with E-state index in [0.717, 1.165) is 18.6 Å². The Bertz CT molecular complexity index is 1210. The summed E-state index contributed by atoms with van der Waals surface area (Å²) in [6.07, 6.45) is -0.765. The highest BCUT2D eigenvalue weighted by Gasteiger charge is 2.47. The molecular formula is C22H25ClN6O4S. The second-order valence-electron chi connectivity index (χ2n) is 8.78. The van der Waals surface area contributed by atoms with Crippen LogP contribution >= 0.6 is 23.4 Å². The van der Waals surface area contributed by atoms with E-state index in [4.69, 9.17) is 11.6 Å². The van der Waals surface area contributed by atoms with Crippen LogP contribution < -0.4 is 5.32 Å². The number of thioether (sulfide) groups is 1. The number of aliphatic carboxylic acids is 1. The van der Waals surface area contributed by atoms with Gasteiger partial charge in [-0.15, -0.1) is 5.10 Å². The molecule has 12 heteroatoms. The molecule has 2 saturated carbocycles. The van der Waals surface area contributed by atoms with E-state index in [0.29, 0.717) is 33.1 Å². The first kappa shape index (κ1) is 23.3. The number of anilines is 1. The quantitative estimate of drug-likeness (QED) is 0.266. The number of nitrogens with zero attached hydrogens (tertiary/aromatic N) is 5. The molecule has 2 heterocycles. The number of aliphatic hydroxyl groups is 2. The molecule has 2 fully saturated rings. The number of aliphatic hydroxyl groups excluding tert-OH is 2. The first-order valence-corrected chi connectivity index (χ1v) is 12.6. The Kier molecular flexibility index (Phi) is 6.36. The Morgan fingerprint density at radius 1 is 1.21 bits per heavy atom. The normalized spacial score (nSPS) is 28.4. The summed E-state index contributed by atoms with van der Waals surface area (Å²) in [5, 5.41) is 43.3. The van der Waals surface area contributed by atoms with Crippen molar-refractivity contribution in [2.75, 3.05) is 11.1 Å². The molecule has 2 aliphatic rings. The molecule has 6 atom stereocenters. The third-order valence-corrected chi connectivity index (χ3v) is 7.74. The van der Waals surface area contributed by atoms with Crippen molar-refractivity contribution in [1.82, 2.24) is 25.0 Å². The summed E-state index contributed by atoms with van der Waals surface area (Å²) in [7, 11) is 0. The van der Waals surface area contributed by atoms with Gasteiger partial charge in [0.25, 0.3) is 0 Å². The van der Waals surface area contributed by atoms with Crippen LogP contribution in [0.3, 0.4) is 0 Å². The van der Waals surface area contributed by atoms with Crippen molar-refractivity contribution >= 4 is 46.3 Å². The van der Waals surface area contributed by atoms with Gasteiger partial charge in [-0.2, -0.15) is 0 Å². The van der Waals surface area contributed by atoms with Crippen molar-refractivity contribution in [3.05, 3.63) is 34.9 Å². The third kappa shape index (κ3) is 4.33. The van der Waals surface area contributed by atoms with Crippen LogP contribution in [0.1, 0.15) is 43.7 Å². The molecule has 5 rings (SSSR count). The highest BCUT2D eigenvalue weighted by molar-refractivity contribution is 7.99. The number of carboxylic acid groups (broad SMARTS) is 1. The standard InChI is InChI=1S/C22H25ClN6O4S/c1-2-7-34-22-25-19(24-14-8-12(14)10-3-5-11(23)6-4-10)16-20(26-22)29(28-27-16)15-9-13(21(32)33)17(30)18(15)31/h3-6,12-15,17-18,30-31H,2,7-9H2,1H3,(H,32,33)(H,24,25,26)/t12?,13-,14?,15+,17+,18-/m1/s1. The summed E-state index contributed by atoms with van der Waals surface area (Å²) >= 11 is 7.52. The summed E-state index contributed by atoms with van der Waals surface area (Å²) in [6, 6.07) is 7.22. The summed E-state index contributed by atoms with van der Waals surface area (Å²) in [5.74, 6) is -0.531. The largest absolute Gasteiger partial charge is 0.481 e. The Morgan fingerprint density at radius 2 is 1.97 bits per heavy atom. The van der Waals surface area contributed by atoms with E-state index < -0.39 is 30.1 Å². The minimum atomic E-state index is -1.39. The van der Waals surface area contributed by atoms with Gasteiger partial charge in [-0.05, 0) is 37.0 Å². The molecule has 3 aromatic rings. The number of rotatable bonds is 8.